The van der Waals surface area contributed by atoms with Gasteiger partial charge in [-0.05, 0) is 31.5 Å². The maximum absolute atomic E-state index is 12.9. The third-order valence-electron chi connectivity index (χ3n) is 4.64. The minimum Gasteiger partial charge on any atom is -0.365 e. The fourth-order valence-electron chi connectivity index (χ4n) is 3.26. The Morgan fingerprint density at radius 1 is 1.39 bits per heavy atom. The summed E-state index contributed by atoms with van der Waals surface area (Å²) in [6.07, 6.45) is 1.73. The number of carbonyl (C=O) groups is 1. The van der Waals surface area contributed by atoms with Crippen molar-refractivity contribution in [3.05, 3.63) is 33.1 Å². The lowest BCUT2D eigenvalue weighted by Gasteiger charge is -2.20. The van der Waals surface area contributed by atoms with Crippen molar-refractivity contribution in [1.82, 2.24) is 14.7 Å². The molecule has 7 nitrogen and oxygen atoms in total. The van der Waals surface area contributed by atoms with Gasteiger partial charge in [0.25, 0.3) is 5.91 Å². The highest BCUT2D eigenvalue weighted by Crippen LogP contribution is 2.33. The molecule has 1 unspecified atom stereocenters. The molecule has 0 aromatic carbocycles. The summed E-state index contributed by atoms with van der Waals surface area (Å²) >= 11 is 7.47. The summed E-state index contributed by atoms with van der Waals surface area (Å²) in [5, 5.41) is 7.87. The highest BCUT2D eigenvalue weighted by molar-refractivity contribution is 7.72. The van der Waals surface area contributed by atoms with E-state index in [1.165, 1.54) is 16.0 Å². The third kappa shape index (κ3) is 4.94. The van der Waals surface area contributed by atoms with Crippen LogP contribution in [0.1, 0.15) is 55.0 Å². The standard InChI is InChI=1S/C18H25ClN4O3S2/c1-18(2,3)17(24)23-16(20-10-12-6-7-15(19)27-12)9-13(21-23)14-5-4-8-22(14)11-28(25)26/h6-7,9,14,20,28H,4-5,8,10-11H2,1-3H3. The first kappa shape index (κ1) is 21.3. The molecule has 0 bridgehead atoms. The summed E-state index contributed by atoms with van der Waals surface area (Å²) in [6.45, 7) is 6.79. The van der Waals surface area contributed by atoms with Gasteiger partial charge in [0, 0.05) is 16.4 Å². The van der Waals surface area contributed by atoms with E-state index in [9.17, 15) is 13.2 Å². The van der Waals surface area contributed by atoms with Crippen LogP contribution in [0.4, 0.5) is 5.82 Å². The van der Waals surface area contributed by atoms with Crippen molar-refractivity contribution in [3.63, 3.8) is 0 Å². The van der Waals surface area contributed by atoms with Crippen LogP contribution in [0.3, 0.4) is 0 Å². The SMILES string of the molecule is CC(C)(C)C(=O)n1nc(C2CCCN2C[SH](=O)=O)cc1NCc1ccc(Cl)s1. The number of hydrogen-bond donors (Lipinski definition) is 2. The summed E-state index contributed by atoms with van der Waals surface area (Å²) in [5.41, 5.74) is 0.123. The van der Waals surface area contributed by atoms with Crippen LogP contribution in [-0.4, -0.2) is 41.4 Å². The molecule has 154 valence electrons. The van der Waals surface area contributed by atoms with E-state index in [0.29, 0.717) is 23.2 Å². The molecule has 1 fully saturated rings. The molecule has 1 saturated heterocycles. The predicted octanol–water partition coefficient (Wildman–Crippen LogP) is 3.60. The molecule has 1 aliphatic heterocycles. The van der Waals surface area contributed by atoms with Crippen molar-refractivity contribution >= 4 is 45.4 Å². The Hall–Kier alpha value is -1.42. The van der Waals surface area contributed by atoms with Crippen molar-refractivity contribution in [2.24, 2.45) is 5.41 Å². The summed E-state index contributed by atoms with van der Waals surface area (Å²) in [7, 11) is -2.50. The molecular weight excluding hydrogens is 420 g/mol. The van der Waals surface area contributed by atoms with E-state index in [-0.39, 0.29) is 17.8 Å². The quantitative estimate of drug-likeness (QED) is 0.662. The van der Waals surface area contributed by atoms with Crippen LogP contribution in [0.5, 0.6) is 0 Å². The maximum Gasteiger partial charge on any atom is 0.254 e. The normalized spacial score (nSPS) is 18.1. The van der Waals surface area contributed by atoms with Gasteiger partial charge in [-0.3, -0.25) is 9.69 Å². The molecule has 0 radical (unpaired) electrons. The first-order valence-electron chi connectivity index (χ1n) is 9.14. The van der Waals surface area contributed by atoms with E-state index in [2.05, 4.69) is 10.4 Å². The van der Waals surface area contributed by atoms with Crippen LogP contribution >= 0.6 is 22.9 Å². The first-order chi connectivity index (χ1) is 13.1. The van der Waals surface area contributed by atoms with Crippen molar-refractivity contribution in [1.29, 1.82) is 0 Å². The number of nitrogens with one attached hydrogen (secondary N) is 1. The number of hydrogen-bond acceptors (Lipinski definition) is 7. The van der Waals surface area contributed by atoms with Crippen molar-refractivity contribution in [2.75, 3.05) is 17.7 Å². The van der Waals surface area contributed by atoms with Crippen molar-refractivity contribution < 1.29 is 13.2 Å². The van der Waals surface area contributed by atoms with Crippen LogP contribution in [0.2, 0.25) is 4.34 Å². The second kappa shape index (κ2) is 8.52. The summed E-state index contributed by atoms with van der Waals surface area (Å²) in [4.78, 5) is 15.9. The van der Waals surface area contributed by atoms with E-state index in [1.807, 2.05) is 43.9 Å². The minimum absolute atomic E-state index is 0.0104. The number of anilines is 1. The number of likely N-dealkylation sites (tertiary alicyclic amines) is 1. The van der Waals surface area contributed by atoms with Crippen LogP contribution in [0.15, 0.2) is 18.2 Å². The molecule has 1 N–H and O–H groups in total. The average Bonchev–Trinajstić information content (AvgIpc) is 3.30. The van der Waals surface area contributed by atoms with Gasteiger partial charge in [-0.15, -0.1) is 11.3 Å². The van der Waals surface area contributed by atoms with Gasteiger partial charge in [-0.1, -0.05) is 32.4 Å². The van der Waals surface area contributed by atoms with Crippen molar-refractivity contribution in [2.45, 2.75) is 46.2 Å². The Bertz CT molecular complexity index is 922. The van der Waals surface area contributed by atoms with Crippen molar-refractivity contribution in [3.8, 4) is 0 Å². The van der Waals surface area contributed by atoms with Gasteiger partial charge in [0.1, 0.15) is 5.82 Å². The number of thiophene rings is 1. The van der Waals surface area contributed by atoms with Gasteiger partial charge in [0.15, 0.2) is 10.7 Å². The van der Waals surface area contributed by atoms with Gasteiger partial charge in [0.2, 0.25) is 0 Å². The number of aromatic nitrogens is 2. The fourth-order valence-corrected chi connectivity index (χ4v) is 4.93. The third-order valence-corrected chi connectivity index (χ3v) is 6.46. The average molecular weight is 445 g/mol. The smallest absolute Gasteiger partial charge is 0.254 e. The number of rotatable bonds is 6. The lowest BCUT2D eigenvalue weighted by molar-refractivity contribution is 0.0750. The molecule has 0 aliphatic carbocycles. The van der Waals surface area contributed by atoms with E-state index in [1.54, 1.807) is 0 Å². The van der Waals surface area contributed by atoms with Gasteiger partial charge in [-0.2, -0.15) is 9.78 Å². The summed E-state index contributed by atoms with van der Waals surface area (Å²) in [6, 6.07) is 5.54. The van der Waals surface area contributed by atoms with Crippen LogP contribution in [-0.2, 0) is 17.2 Å². The Kier molecular flexibility index (Phi) is 6.48. The van der Waals surface area contributed by atoms with Crippen LogP contribution in [0.25, 0.3) is 0 Å². The number of nitrogens with zero attached hydrogens (tertiary/aromatic N) is 3. The molecule has 2 aromatic heterocycles. The van der Waals surface area contributed by atoms with E-state index >= 15 is 0 Å². The summed E-state index contributed by atoms with van der Waals surface area (Å²) < 4.78 is 24.5. The highest BCUT2D eigenvalue weighted by atomic mass is 35.5. The lowest BCUT2D eigenvalue weighted by Crippen LogP contribution is -2.29. The zero-order valence-electron chi connectivity index (χ0n) is 16.1. The number of thiol groups is 1. The number of halogens is 1. The molecule has 3 heterocycles. The van der Waals surface area contributed by atoms with Crippen LogP contribution < -0.4 is 5.32 Å². The Balaban J connectivity index is 1.89. The maximum atomic E-state index is 12.9. The lowest BCUT2D eigenvalue weighted by atomic mass is 9.96. The van der Waals surface area contributed by atoms with Crippen LogP contribution in [0, 0.1) is 5.41 Å². The Morgan fingerprint density at radius 2 is 2.14 bits per heavy atom. The zero-order valence-corrected chi connectivity index (χ0v) is 18.6. The highest BCUT2D eigenvalue weighted by Gasteiger charge is 2.32. The topological polar surface area (TPSA) is 84.3 Å². The van der Waals surface area contributed by atoms with E-state index in [4.69, 9.17) is 11.6 Å². The van der Waals surface area contributed by atoms with Gasteiger partial charge < -0.3 is 5.32 Å². The Morgan fingerprint density at radius 3 is 2.75 bits per heavy atom. The molecule has 3 rings (SSSR count). The molecule has 1 atom stereocenters. The predicted molar refractivity (Wildman–Crippen MR) is 113 cm³/mol. The molecular formula is C18H25ClN4O3S2. The monoisotopic (exact) mass is 444 g/mol. The minimum atomic E-state index is -2.50. The molecule has 0 saturated carbocycles. The molecule has 10 heteroatoms. The van der Waals surface area contributed by atoms with Gasteiger partial charge >= 0.3 is 0 Å². The first-order valence-corrected chi connectivity index (χ1v) is 11.7. The van der Waals surface area contributed by atoms with E-state index in [0.717, 1.165) is 23.4 Å². The second-order valence-electron chi connectivity index (χ2n) is 7.93. The molecule has 0 amide bonds. The zero-order chi connectivity index (χ0) is 20.5. The number of carbonyl (C=O) groups excluding carboxylic acids is 1. The molecule has 1 aliphatic rings. The second-order valence-corrected chi connectivity index (χ2v) is 10.7. The fraction of sp³-hybridized carbons (Fsp3) is 0.556. The summed E-state index contributed by atoms with van der Waals surface area (Å²) in [5.74, 6) is 0.499. The molecule has 0 spiro atoms. The van der Waals surface area contributed by atoms with Gasteiger partial charge in [-0.25, -0.2) is 8.42 Å². The molecule has 28 heavy (non-hydrogen) atoms. The molecule has 2 aromatic rings. The largest absolute Gasteiger partial charge is 0.365 e. The van der Waals surface area contributed by atoms with Gasteiger partial charge in [0.05, 0.1) is 28.5 Å². The Labute approximate surface area is 175 Å². The van der Waals surface area contributed by atoms with E-state index < -0.39 is 16.1 Å².